The zero-order valence-electron chi connectivity index (χ0n) is 10.3. The molecule has 1 aliphatic rings. The lowest BCUT2D eigenvalue weighted by atomic mass is 9.66. The zero-order chi connectivity index (χ0) is 10.8. The van der Waals surface area contributed by atoms with E-state index >= 15 is 0 Å². The van der Waals surface area contributed by atoms with E-state index in [4.69, 9.17) is 5.11 Å². The highest BCUT2D eigenvalue weighted by atomic mass is 16.3. The van der Waals surface area contributed by atoms with Gasteiger partial charge in [-0.15, -0.1) is 0 Å². The summed E-state index contributed by atoms with van der Waals surface area (Å²) in [6.07, 6.45) is 6.59. The second-order valence-corrected chi connectivity index (χ2v) is 6.12. The van der Waals surface area contributed by atoms with Gasteiger partial charge in [-0.3, -0.25) is 0 Å². The Morgan fingerprint density at radius 1 is 1.21 bits per heavy atom. The van der Waals surface area contributed by atoms with Gasteiger partial charge in [0.25, 0.3) is 0 Å². The molecule has 1 heteroatoms. The summed E-state index contributed by atoms with van der Waals surface area (Å²) in [5, 5.41) is 9.02. The van der Waals surface area contributed by atoms with Gasteiger partial charge in [-0.1, -0.05) is 34.1 Å². The fourth-order valence-electron chi connectivity index (χ4n) is 2.68. The maximum Gasteiger partial charge on any atom is 0.0456 e. The molecule has 1 saturated carbocycles. The van der Waals surface area contributed by atoms with Crippen LogP contribution < -0.4 is 0 Å². The molecule has 14 heavy (non-hydrogen) atoms. The average Bonchev–Trinajstić information content (AvgIpc) is 2.38. The van der Waals surface area contributed by atoms with Gasteiger partial charge < -0.3 is 5.11 Å². The number of hydrogen-bond acceptors (Lipinski definition) is 1. The van der Waals surface area contributed by atoms with Crippen LogP contribution in [0.15, 0.2) is 0 Å². The number of rotatable bonds is 4. The molecule has 2 atom stereocenters. The van der Waals surface area contributed by atoms with Crippen molar-refractivity contribution in [1.82, 2.24) is 0 Å². The summed E-state index contributed by atoms with van der Waals surface area (Å²) in [6, 6.07) is 0. The maximum atomic E-state index is 9.02. The van der Waals surface area contributed by atoms with Crippen LogP contribution in [0, 0.1) is 16.7 Å². The number of hydrogen-bond donors (Lipinski definition) is 1. The Morgan fingerprint density at radius 3 is 2.29 bits per heavy atom. The van der Waals surface area contributed by atoms with E-state index in [2.05, 4.69) is 27.7 Å². The highest BCUT2D eigenvalue weighted by Crippen LogP contribution is 2.55. The molecule has 0 aliphatic heterocycles. The van der Waals surface area contributed by atoms with Crippen molar-refractivity contribution >= 4 is 0 Å². The van der Waals surface area contributed by atoms with E-state index in [-0.39, 0.29) is 0 Å². The van der Waals surface area contributed by atoms with Crippen molar-refractivity contribution in [1.29, 1.82) is 0 Å². The van der Waals surface area contributed by atoms with Gasteiger partial charge in [0, 0.05) is 6.61 Å². The Hall–Kier alpha value is -0.0400. The Kier molecular flexibility index (Phi) is 3.63. The molecular formula is C13H26O. The Morgan fingerprint density at radius 2 is 1.86 bits per heavy atom. The lowest BCUT2D eigenvalue weighted by molar-refractivity contribution is 0.103. The Bertz CT molecular complexity index is 186. The van der Waals surface area contributed by atoms with Gasteiger partial charge in [-0.05, 0) is 42.4 Å². The van der Waals surface area contributed by atoms with E-state index in [0.29, 0.717) is 23.4 Å². The summed E-state index contributed by atoms with van der Waals surface area (Å²) in [4.78, 5) is 0. The Balaban J connectivity index is 2.49. The van der Waals surface area contributed by atoms with Gasteiger partial charge in [0.05, 0.1) is 0 Å². The van der Waals surface area contributed by atoms with Crippen molar-refractivity contribution in [2.75, 3.05) is 6.61 Å². The van der Waals surface area contributed by atoms with Crippen LogP contribution in [0.1, 0.15) is 59.8 Å². The molecule has 0 aromatic carbocycles. The molecule has 0 spiro atoms. The van der Waals surface area contributed by atoms with Crippen molar-refractivity contribution in [3.05, 3.63) is 0 Å². The predicted octanol–water partition coefficient (Wildman–Crippen LogP) is 3.61. The zero-order valence-corrected chi connectivity index (χ0v) is 10.3. The lowest BCUT2D eigenvalue weighted by Crippen LogP contribution is -2.30. The summed E-state index contributed by atoms with van der Waals surface area (Å²) >= 11 is 0. The van der Waals surface area contributed by atoms with E-state index in [0.717, 1.165) is 0 Å². The maximum absolute atomic E-state index is 9.02. The molecule has 0 saturated heterocycles. The normalized spacial score (nSPS) is 33.2. The predicted molar refractivity (Wildman–Crippen MR) is 61.2 cm³/mol. The highest BCUT2D eigenvalue weighted by Gasteiger charge is 2.44. The molecule has 0 bridgehead atoms. The molecule has 0 aromatic rings. The summed E-state index contributed by atoms with van der Waals surface area (Å²) < 4.78 is 0. The van der Waals surface area contributed by atoms with E-state index in [1.165, 1.54) is 32.1 Å². The van der Waals surface area contributed by atoms with Crippen molar-refractivity contribution in [2.24, 2.45) is 16.7 Å². The standard InChI is InChI=1S/C13H26O/c1-11(10-14)6-9-13(4)8-5-7-12(13,2)3/h11,14H,5-10H2,1-4H3. The van der Waals surface area contributed by atoms with Gasteiger partial charge in [-0.25, -0.2) is 0 Å². The van der Waals surface area contributed by atoms with Crippen LogP contribution in [0.2, 0.25) is 0 Å². The smallest absolute Gasteiger partial charge is 0.0456 e. The van der Waals surface area contributed by atoms with Crippen molar-refractivity contribution in [3.63, 3.8) is 0 Å². The molecule has 1 N–H and O–H groups in total. The third-order valence-corrected chi connectivity index (χ3v) is 4.66. The second-order valence-electron chi connectivity index (χ2n) is 6.12. The van der Waals surface area contributed by atoms with Gasteiger partial charge in [0.1, 0.15) is 0 Å². The average molecular weight is 198 g/mol. The van der Waals surface area contributed by atoms with Crippen LogP contribution in [0.3, 0.4) is 0 Å². The number of aliphatic hydroxyl groups is 1. The molecule has 0 heterocycles. The second kappa shape index (κ2) is 4.22. The molecule has 0 aromatic heterocycles. The largest absolute Gasteiger partial charge is 0.396 e. The number of aliphatic hydroxyl groups excluding tert-OH is 1. The first-order valence-electron chi connectivity index (χ1n) is 6.02. The van der Waals surface area contributed by atoms with Crippen molar-refractivity contribution in [2.45, 2.75) is 59.8 Å². The topological polar surface area (TPSA) is 20.2 Å². The molecular weight excluding hydrogens is 172 g/mol. The lowest BCUT2D eigenvalue weighted by Gasteiger charge is -2.39. The summed E-state index contributed by atoms with van der Waals surface area (Å²) in [6.45, 7) is 9.74. The molecule has 1 aliphatic carbocycles. The van der Waals surface area contributed by atoms with Crippen LogP contribution in [-0.4, -0.2) is 11.7 Å². The fraction of sp³-hybridized carbons (Fsp3) is 1.00. The van der Waals surface area contributed by atoms with E-state index in [1.54, 1.807) is 0 Å². The molecule has 0 amide bonds. The molecule has 2 unspecified atom stereocenters. The van der Waals surface area contributed by atoms with Gasteiger partial charge in [0.2, 0.25) is 0 Å². The minimum Gasteiger partial charge on any atom is -0.396 e. The first kappa shape index (κ1) is 12.0. The molecule has 84 valence electrons. The third-order valence-electron chi connectivity index (χ3n) is 4.66. The fourth-order valence-corrected chi connectivity index (χ4v) is 2.68. The summed E-state index contributed by atoms with van der Waals surface area (Å²) in [5.41, 5.74) is 1.01. The van der Waals surface area contributed by atoms with Crippen molar-refractivity contribution < 1.29 is 5.11 Å². The van der Waals surface area contributed by atoms with Crippen LogP contribution >= 0.6 is 0 Å². The molecule has 0 radical (unpaired) electrons. The molecule has 1 nitrogen and oxygen atoms in total. The van der Waals surface area contributed by atoms with Crippen molar-refractivity contribution in [3.8, 4) is 0 Å². The van der Waals surface area contributed by atoms with Gasteiger partial charge in [0.15, 0.2) is 0 Å². The molecule has 1 fully saturated rings. The summed E-state index contributed by atoms with van der Waals surface area (Å²) in [5.74, 6) is 0.475. The van der Waals surface area contributed by atoms with Gasteiger partial charge in [-0.2, -0.15) is 0 Å². The first-order valence-corrected chi connectivity index (χ1v) is 6.02. The monoisotopic (exact) mass is 198 g/mol. The molecule has 1 rings (SSSR count). The van der Waals surface area contributed by atoms with Gasteiger partial charge >= 0.3 is 0 Å². The first-order chi connectivity index (χ1) is 6.41. The highest BCUT2D eigenvalue weighted by molar-refractivity contribution is 4.94. The van der Waals surface area contributed by atoms with E-state index in [9.17, 15) is 0 Å². The quantitative estimate of drug-likeness (QED) is 0.731. The third kappa shape index (κ3) is 2.31. The minimum absolute atomic E-state index is 0.344. The van der Waals surface area contributed by atoms with Crippen LogP contribution in [-0.2, 0) is 0 Å². The van der Waals surface area contributed by atoms with Crippen LogP contribution in [0.5, 0.6) is 0 Å². The minimum atomic E-state index is 0.344. The summed E-state index contributed by atoms with van der Waals surface area (Å²) in [7, 11) is 0. The van der Waals surface area contributed by atoms with Crippen LogP contribution in [0.4, 0.5) is 0 Å². The van der Waals surface area contributed by atoms with Crippen LogP contribution in [0.25, 0.3) is 0 Å². The Labute approximate surface area is 88.9 Å². The SMILES string of the molecule is CC(CO)CCC1(C)CCCC1(C)C. The van der Waals surface area contributed by atoms with E-state index in [1.807, 2.05) is 0 Å². The van der Waals surface area contributed by atoms with E-state index < -0.39 is 0 Å².